The Kier molecular flexibility index (Phi) is 6.14. The van der Waals surface area contributed by atoms with Gasteiger partial charge in [-0.2, -0.15) is 4.68 Å². The van der Waals surface area contributed by atoms with Crippen LogP contribution < -0.4 is 11.1 Å². The topological polar surface area (TPSA) is 116 Å². The lowest BCUT2D eigenvalue weighted by Crippen LogP contribution is -2.21. The van der Waals surface area contributed by atoms with Crippen LogP contribution in [0.2, 0.25) is 0 Å². The molecule has 3 rings (SSSR count). The maximum atomic E-state index is 12.1. The van der Waals surface area contributed by atoms with Crippen molar-refractivity contribution >= 4 is 39.7 Å². The zero-order valence-electron chi connectivity index (χ0n) is 14.3. The van der Waals surface area contributed by atoms with E-state index in [9.17, 15) is 14.4 Å². The van der Waals surface area contributed by atoms with E-state index in [2.05, 4.69) is 15.4 Å². The molecule has 0 radical (unpaired) electrons. The molecule has 0 spiro atoms. The summed E-state index contributed by atoms with van der Waals surface area (Å²) in [5.41, 5.74) is 0.530. The molecule has 11 heteroatoms. The first-order valence-corrected chi connectivity index (χ1v) is 9.82. The normalized spacial score (nSPS) is 10.7. The van der Waals surface area contributed by atoms with Crippen LogP contribution in [-0.4, -0.2) is 33.2 Å². The standard InChI is InChI=1S/C16H16N4O5S2/c1-2-24-13(22)8-10-9-27-15(17-10)18-12(21)5-6-20-16(23)25-14(19-20)11-4-3-7-26-11/h3-4,7,9H,2,5-6,8H2,1H3,(H,17,18,21). The first-order chi connectivity index (χ1) is 13.0. The van der Waals surface area contributed by atoms with Crippen molar-refractivity contribution in [3.05, 3.63) is 39.1 Å². The maximum absolute atomic E-state index is 12.1. The van der Waals surface area contributed by atoms with E-state index in [1.165, 1.54) is 22.7 Å². The van der Waals surface area contributed by atoms with Gasteiger partial charge in [-0.05, 0) is 18.4 Å². The van der Waals surface area contributed by atoms with Crippen LogP contribution in [-0.2, 0) is 27.3 Å². The first-order valence-electron chi connectivity index (χ1n) is 8.07. The molecule has 0 aliphatic rings. The molecule has 0 fully saturated rings. The molecular weight excluding hydrogens is 392 g/mol. The highest BCUT2D eigenvalue weighted by molar-refractivity contribution is 7.14. The van der Waals surface area contributed by atoms with Crippen LogP contribution in [0.25, 0.3) is 10.8 Å². The van der Waals surface area contributed by atoms with Gasteiger partial charge in [0.05, 0.1) is 30.1 Å². The number of nitrogens with one attached hydrogen (secondary N) is 1. The van der Waals surface area contributed by atoms with Crippen LogP contribution in [0.15, 0.2) is 32.1 Å². The third kappa shape index (κ3) is 5.11. The minimum absolute atomic E-state index is 0.0309. The fraction of sp³-hybridized carbons (Fsp3) is 0.312. The fourth-order valence-corrected chi connectivity index (χ4v) is 3.51. The summed E-state index contributed by atoms with van der Waals surface area (Å²) in [6.45, 7) is 2.12. The predicted octanol–water partition coefficient (Wildman–Crippen LogP) is 2.16. The monoisotopic (exact) mass is 408 g/mol. The Balaban J connectivity index is 1.52. The van der Waals surface area contributed by atoms with Crippen molar-refractivity contribution < 1.29 is 18.7 Å². The highest BCUT2D eigenvalue weighted by Gasteiger charge is 2.14. The van der Waals surface area contributed by atoms with Crippen LogP contribution in [0, 0.1) is 0 Å². The molecule has 0 bridgehead atoms. The quantitative estimate of drug-likeness (QED) is 0.568. The van der Waals surface area contributed by atoms with E-state index in [1.807, 2.05) is 11.4 Å². The van der Waals surface area contributed by atoms with Gasteiger partial charge in [0.15, 0.2) is 5.13 Å². The fourth-order valence-electron chi connectivity index (χ4n) is 2.14. The zero-order chi connectivity index (χ0) is 19.2. The highest BCUT2D eigenvalue weighted by atomic mass is 32.1. The van der Waals surface area contributed by atoms with Gasteiger partial charge in [-0.25, -0.2) is 9.78 Å². The lowest BCUT2D eigenvalue weighted by atomic mass is 10.3. The lowest BCUT2D eigenvalue weighted by molar-refractivity contribution is -0.142. The number of thiophene rings is 1. The smallest absolute Gasteiger partial charge is 0.437 e. The van der Waals surface area contributed by atoms with Gasteiger partial charge in [-0.1, -0.05) is 6.07 Å². The summed E-state index contributed by atoms with van der Waals surface area (Å²) in [6.07, 6.45) is 0.0865. The van der Waals surface area contributed by atoms with E-state index in [4.69, 9.17) is 9.15 Å². The van der Waals surface area contributed by atoms with Gasteiger partial charge in [0.1, 0.15) is 0 Å². The van der Waals surface area contributed by atoms with Gasteiger partial charge >= 0.3 is 11.7 Å². The number of carbonyl (C=O) groups excluding carboxylic acids is 2. The summed E-state index contributed by atoms with van der Waals surface area (Å²) in [7, 11) is 0. The first kappa shape index (κ1) is 19.0. The van der Waals surface area contributed by atoms with Crippen molar-refractivity contribution in [1.82, 2.24) is 14.8 Å². The van der Waals surface area contributed by atoms with Gasteiger partial charge in [0.2, 0.25) is 5.91 Å². The molecule has 0 aliphatic carbocycles. The van der Waals surface area contributed by atoms with Crippen LogP contribution in [0.4, 0.5) is 5.13 Å². The largest absolute Gasteiger partial charge is 0.466 e. The van der Waals surface area contributed by atoms with Gasteiger partial charge < -0.3 is 14.5 Å². The second-order valence-corrected chi connectivity index (χ2v) is 7.10. The van der Waals surface area contributed by atoms with Gasteiger partial charge in [-0.3, -0.25) is 9.59 Å². The van der Waals surface area contributed by atoms with Gasteiger partial charge in [0.25, 0.3) is 5.89 Å². The number of nitrogens with zero attached hydrogens (tertiary/aromatic N) is 3. The number of hydrogen-bond acceptors (Lipinski definition) is 9. The van der Waals surface area contributed by atoms with Crippen LogP contribution >= 0.6 is 22.7 Å². The molecule has 142 valence electrons. The molecule has 3 aromatic rings. The number of aryl methyl sites for hydroxylation is 1. The Bertz CT molecular complexity index is 973. The van der Waals surface area contributed by atoms with E-state index in [0.717, 1.165) is 9.56 Å². The third-order valence-corrected chi connectivity index (χ3v) is 4.98. The molecule has 27 heavy (non-hydrogen) atoms. The van der Waals surface area contributed by atoms with E-state index in [1.54, 1.807) is 18.4 Å². The molecule has 1 amide bonds. The summed E-state index contributed by atoms with van der Waals surface area (Å²) in [4.78, 5) is 40.2. The molecule has 0 aromatic carbocycles. The number of hydrogen-bond donors (Lipinski definition) is 1. The SMILES string of the molecule is CCOC(=O)Cc1csc(NC(=O)CCn2nc(-c3cccs3)oc2=O)n1. The second kappa shape index (κ2) is 8.73. The van der Waals surface area contributed by atoms with Crippen molar-refractivity contribution in [2.75, 3.05) is 11.9 Å². The maximum Gasteiger partial charge on any atom is 0.437 e. The van der Waals surface area contributed by atoms with Gasteiger partial charge in [0, 0.05) is 11.8 Å². The summed E-state index contributed by atoms with van der Waals surface area (Å²) in [5.74, 6) is -1.07. The van der Waals surface area contributed by atoms with Crippen molar-refractivity contribution in [2.45, 2.75) is 26.3 Å². The Morgan fingerprint density at radius 1 is 1.37 bits per heavy atom. The third-order valence-electron chi connectivity index (χ3n) is 3.32. The van der Waals surface area contributed by atoms with Crippen molar-refractivity contribution in [1.29, 1.82) is 0 Å². The minimum Gasteiger partial charge on any atom is -0.466 e. The van der Waals surface area contributed by atoms with E-state index < -0.39 is 5.76 Å². The molecular formula is C16H16N4O5S2. The molecule has 3 heterocycles. The van der Waals surface area contributed by atoms with E-state index in [0.29, 0.717) is 17.4 Å². The summed E-state index contributed by atoms with van der Waals surface area (Å²) in [5, 5.41) is 10.6. The molecule has 0 saturated heterocycles. The van der Waals surface area contributed by atoms with E-state index >= 15 is 0 Å². The van der Waals surface area contributed by atoms with Crippen LogP contribution in [0.1, 0.15) is 19.0 Å². The zero-order valence-corrected chi connectivity index (χ0v) is 16.0. The Morgan fingerprint density at radius 3 is 2.96 bits per heavy atom. The number of amides is 1. The molecule has 0 saturated carbocycles. The molecule has 0 atom stereocenters. The number of carbonyl (C=O) groups is 2. The second-order valence-electron chi connectivity index (χ2n) is 5.30. The summed E-state index contributed by atoms with van der Waals surface area (Å²) < 4.78 is 11.1. The number of thiazole rings is 1. The van der Waals surface area contributed by atoms with Crippen molar-refractivity contribution in [3.63, 3.8) is 0 Å². The number of anilines is 1. The van der Waals surface area contributed by atoms with Crippen molar-refractivity contribution in [3.8, 4) is 10.8 Å². The number of rotatable bonds is 8. The summed E-state index contributed by atoms with van der Waals surface area (Å²) >= 11 is 2.62. The molecule has 9 nitrogen and oxygen atoms in total. The Morgan fingerprint density at radius 2 is 2.22 bits per heavy atom. The average molecular weight is 408 g/mol. The van der Waals surface area contributed by atoms with Gasteiger partial charge in [-0.15, -0.1) is 27.8 Å². The molecule has 1 N–H and O–H groups in total. The molecule has 3 aromatic heterocycles. The predicted molar refractivity (Wildman–Crippen MR) is 99.8 cm³/mol. The molecule has 0 aliphatic heterocycles. The van der Waals surface area contributed by atoms with Crippen LogP contribution in [0.3, 0.4) is 0 Å². The van der Waals surface area contributed by atoms with Crippen LogP contribution in [0.5, 0.6) is 0 Å². The average Bonchev–Trinajstić information content (AvgIpc) is 3.35. The Labute approximate surface area is 161 Å². The minimum atomic E-state index is -0.614. The van der Waals surface area contributed by atoms with Crippen molar-refractivity contribution in [2.24, 2.45) is 0 Å². The summed E-state index contributed by atoms with van der Waals surface area (Å²) in [6, 6.07) is 3.63. The molecule has 0 unspecified atom stereocenters. The van der Waals surface area contributed by atoms with E-state index in [-0.39, 0.29) is 37.2 Å². The number of ether oxygens (including phenoxy) is 1. The number of aromatic nitrogens is 3. The lowest BCUT2D eigenvalue weighted by Gasteiger charge is -2.01. The number of esters is 1. The highest BCUT2D eigenvalue weighted by Crippen LogP contribution is 2.21. The Hall–Kier alpha value is -2.79.